The van der Waals surface area contributed by atoms with Gasteiger partial charge in [0.2, 0.25) is 10.0 Å². The summed E-state index contributed by atoms with van der Waals surface area (Å²) in [5.74, 6) is -0.356. The Morgan fingerprint density at radius 1 is 1.06 bits per heavy atom. The molecule has 1 aliphatic heterocycles. The van der Waals surface area contributed by atoms with E-state index in [0.29, 0.717) is 44.2 Å². The zero-order valence-corrected chi connectivity index (χ0v) is 21.0. The van der Waals surface area contributed by atoms with Crippen LogP contribution in [0.3, 0.4) is 0 Å². The van der Waals surface area contributed by atoms with Gasteiger partial charge in [-0.05, 0) is 37.1 Å². The first kappa shape index (κ1) is 22.8. The Hall–Kier alpha value is -2.01. The zero-order chi connectivity index (χ0) is 23.2. The number of rotatable bonds is 5. The van der Waals surface area contributed by atoms with Crippen LogP contribution in [0.5, 0.6) is 0 Å². The van der Waals surface area contributed by atoms with Crippen LogP contribution < -0.4 is 5.32 Å². The number of amides is 1. The fraction of sp³-hybridized carbons (Fsp3) is 0.182. The second-order valence-electron chi connectivity index (χ2n) is 7.49. The lowest BCUT2D eigenvalue weighted by Crippen LogP contribution is -2.27. The van der Waals surface area contributed by atoms with E-state index in [1.165, 1.54) is 27.0 Å². The molecule has 1 amide bonds. The molecule has 0 spiro atoms. The number of fused-ring (bicyclic) bond motifs is 1. The van der Waals surface area contributed by atoms with Gasteiger partial charge in [0.1, 0.15) is 4.88 Å². The minimum Gasteiger partial charge on any atom is -0.297 e. The second-order valence-corrected chi connectivity index (χ2v) is 12.1. The number of benzene rings is 2. The van der Waals surface area contributed by atoms with E-state index in [1.54, 1.807) is 30.3 Å². The summed E-state index contributed by atoms with van der Waals surface area (Å²) in [6.07, 6.45) is 1.79. The molecule has 2 aromatic carbocycles. The van der Waals surface area contributed by atoms with Crippen molar-refractivity contribution in [1.82, 2.24) is 9.29 Å². The highest BCUT2D eigenvalue weighted by Crippen LogP contribution is 2.40. The first-order chi connectivity index (χ1) is 15.8. The molecular formula is C22H17Cl2N3O3S3. The summed E-state index contributed by atoms with van der Waals surface area (Å²) in [5.41, 5.74) is 1.41. The van der Waals surface area contributed by atoms with E-state index in [1.807, 2.05) is 17.5 Å². The van der Waals surface area contributed by atoms with Crippen LogP contribution in [0.25, 0.3) is 21.3 Å². The lowest BCUT2D eigenvalue weighted by Gasteiger charge is -2.15. The van der Waals surface area contributed by atoms with Crippen molar-refractivity contribution in [3.8, 4) is 11.3 Å². The molecule has 1 fully saturated rings. The summed E-state index contributed by atoms with van der Waals surface area (Å²) in [6.45, 7) is 1.13. The predicted molar refractivity (Wildman–Crippen MR) is 135 cm³/mol. The standard InChI is InChI=1S/C22H17Cl2N3O3S3/c23-15-4-3-5-17-18(15)19(24)20(32-17)21(28)26-22-25-16(12-31-22)13-6-8-14(9-7-13)33(29,30)27-10-1-2-11-27/h3-9,12H,1-2,10-11H2,(H,25,26,28). The third-order valence-electron chi connectivity index (χ3n) is 5.39. The van der Waals surface area contributed by atoms with Crippen molar-refractivity contribution in [3.63, 3.8) is 0 Å². The molecule has 11 heteroatoms. The van der Waals surface area contributed by atoms with Crippen LogP contribution in [0.15, 0.2) is 52.7 Å². The molecule has 33 heavy (non-hydrogen) atoms. The Bertz CT molecular complexity index is 1460. The summed E-state index contributed by atoms with van der Waals surface area (Å²) < 4.78 is 27.8. The number of aromatic nitrogens is 1. The summed E-state index contributed by atoms with van der Waals surface area (Å²) in [4.78, 5) is 17.9. The number of nitrogens with zero attached hydrogens (tertiary/aromatic N) is 2. The molecule has 0 aliphatic carbocycles. The predicted octanol–water partition coefficient (Wildman–Crippen LogP) is 6.37. The Morgan fingerprint density at radius 2 is 1.79 bits per heavy atom. The van der Waals surface area contributed by atoms with Crippen LogP contribution in [0.2, 0.25) is 10.0 Å². The van der Waals surface area contributed by atoms with Gasteiger partial charge in [-0.1, -0.05) is 41.4 Å². The van der Waals surface area contributed by atoms with Crippen molar-refractivity contribution in [1.29, 1.82) is 0 Å². The number of anilines is 1. The fourth-order valence-corrected chi connectivity index (χ4v) is 7.79. The average molecular weight is 539 g/mol. The van der Waals surface area contributed by atoms with Gasteiger partial charge in [-0.3, -0.25) is 10.1 Å². The van der Waals surface area contributed by atoms with Crippen LogP contribution in [0, 0.1) is 0 Å². The number of sulfonamides is 1. The molecule has 1 aliphatic rings. The lowest BCUT2D eigenvalue weighted by atomic mass is 10.2. The Kier molecular flexibility index (Phi) is 6.19. The third-order valence-corrected chi connectivity index (χ3v) is 10.0. The first-order valence-electron chi connectivity index (χ1n) is 10.1. The van der Waals surface area contributed by atoms with Gasteiger partial charge in [-0.25, -0.2) is 13.4 Å². The van der Waals surface area contributed by atoms with Gasteiger partial charge in [0.25, 0.3) is 5.91 Å². The van der Waals surface area contributed by atoms with Crippen molar-refractivity contribution in [3.05, 3.63) is 62.8 Å². The molecule has 170 valence electrons. The molecule has 1 N–H and O–H groups in total. The van der Waals surface area contributed by atoms with E-state index in [4.69, 9.17) is 23.2 Å². The molecule has 0 unspecified atom stereocenters. The van der Waals surface area contributed by atoms with Gasteiger partial charge in [0, 0.05) is 34.1 Å². The Morgan fingerprint density at radius 3 is 2.48 bits per heavy atom. The van der Waals surface area contributed by atoms with E-state index in [-0.39, 0.29) is 10.8 Å². The quantitative estimate of drug-likeness (QED) is 0.320. The first-order valence-corrected chi connectivity index (χ1v) is 14.0. The highest BCUT2D eigenvalue weighted by atomic mass is 35.5. The monoisotopic (exact) mass is 537 g/mol. The topological polar surface area (TPSA) is 79.4 Å². The second kappa shape index (κ2) is 8.98. The smallest absolute Gasteiger partial charge is 0.269 e. The van der Waals surface area contributed by atoms with Crippen LogP contribution >= 0.6 is 45.9 Å². The molecule has 0 radical (unpaired) electrons. The Balaban J connectivity index is 1.34. The van der Waals surface area contributed by atoms with Crippen molar-refractivity contribution < 1.29 is 13.2 Å². The summed E-state index contributed by atoms with van der Waals surface area (Å²) in [5, 5.41) is 6.51. The maximum Gasteiger partial charge on any atom is 0.269 e. The van der Waals surface area contributed by atoms with Crippen LogP contribution in [0.1, 0.15) is 22.5 Å². The van der Waals surface area contributed by atoms with E-state index >= 15 is 0 Å². The number of hydrogen-bond donors (Lipinski definition) is 1. The van der Waals surface area contributed by atoms with Crippen molar-refractivity contribution in [2.75, 3.05) is 18.4 Å². The normalized spacial score (nSPS) is 14.7. The van der Waals surface area contributed by atoms with Gasteiger partial charge >= 0.3 is 0 Å². The van der Waals surface area contributed by atoms with Crippen molar-refractivity contribution in [2.24, 2.45) is 0 Å². The molecular weight excluding hydrogens is 521 g/mol. The molecule has 1 saturated heterocycles. The summed E-state index contributed by atoms with van der Waals surface area (Å²) in [7, 11) is -3.46. The lowest BCUT2D eigenvalue weighted by molar-refractivity contribution is 0.103. The van der Waals surface area contributed by atoms with Gasteiger partial charge in [-0.2, -0.15) is 4.31 Å². The molecule has 0 bridgehead atoms. The molecule has 0 saturated carbocycles. The largest absolute Gasteiger partial charge is 0.297 e. The zero-order valence-electron chi connectivity index (χ0n) is 17.0. The van der Waals surface area contributed by atoms with Crippen LogP contribution in [-0.4, -0.2) is 36.7 Å². The average Bonchev–Trinajstić information content (AvgIpc) is 3.55. The number of halogens is 2. The van der Waals surface area contributed by atoms with Gasteiger partial charge < -0.3 is 0 Å². The van der Waals surface area contributed by atoms with Gasteiger partial charge in [0.05, 0.1) is 20.6 Å². The highest BCUT2D eigenvalue weighted by molar-refractivity contribution is 7.89. The number of hydrogen-bond acceptors (Lipinski definition) is 6. The maximum absolute atomic E-state index is 12.8. The SMILES string of the molecule is O=C(Nc1nc(-c2ccc(S(=O)(=O)N3CCCC3)cc2)cs1)c1sc2cccc(Cl)c2c1Cl. The van der Waals surface area contributed by atoms with E-state index in [9.17, 15) is 13.2 Å². The summed E-state index contributed by atoms with van der Waals surface area (Å²) >= 11 is 15.2. The Labute approximate surface area is 208 Å². The van der Waals surface area contributed by atoms with E-state index in [2.05, 4.69) is 10.3 Å². The van der Waals surface area contributed by atoms with Gasteiger partial charge in [-0.15, -0.1) is 22.7 Å². The van der Waals surface area contributed by atoms with Crippen LogP contribution in [-0.2, 0) is 10.0 Å². The molecule has 2 aromatic heterocycles. The molecule has 5 rings (SSSR count). The van der Waals surface area contributed by atoms with Crippen molar-refractivity contribution >= 4 is 77.0 Å². The third kappa shape index (κ3) is 4.29. The molecule has 6 nitrogen and oxygen atoms in total. The molecule has 0 atom stereocenters. The number of carbonyl (C=O) groups is 1. The number of thiazole rings is 1. The summed E-state index contributed by atoms with van der Waals surface area (Å²) in [6, 6.07) is 12.1. The molecule has 3 heterocycles. The van der Waals surface area contributed by atoms with E-state index < -0.39 is 10.0 Å². The van der Waals surface area contributed by atoms with Gasteiger partial charge in [0.15, 0.2) is 5.13 Å². The van der Waals surface area contributed by atoms with Crippen LogP contribution in [0.4, 0.5) is 5.13 Å². The fourth-order valence-electron chi connectivity index (χ4n) is 3.71. The van der Waals surface area contributed by atoms with Crippen molar-refractivity contribution in [2.45, 2.75) is 17.7 Å². The highest BCUT2D eigenvalue weighted by Gasteiger charge is 2.27. The van der Waals surface area contributed by atoms with E-state index in [0.717, 1.165) is 23.1 Å². The number of nitrogens with one attached hydrogen (secondary N) is 1. The molecule has 4 aromatic rings. The maximum atomic E-state index is 12.8. The minimum absolute atomic E-state index is 0.273. The minimum atomic E-state index is -3.46. The number of carbonyl (C=O) groups excluding carboxylic acids is 1. The number of thiophene rings is 1.